The molecule has 1 N–H and O–H groups in total. The van der Waals surface area contributed by atoms with Gasteiger partial charge in [-0.25, -0.2) is 0 Å². The van der Waals surface area contributed by atoms with Gasteiger partial charge in [-0.2, -0.15) is 0 Å². The Morgan fingerprint density at radius 2 is 2.11 bits per heavy atom. The Hall–Kier alpha value is -1.77. The number of carbonyl (C=O) groups is 1. The number of non-ortho nitro benzene ring substituents is 1. The molecule has 1 heterocycles. The lowest BCUT2D eigenvalue weighted by atomic mass is 10.3. The molecule has 0 aliphatic heterocycles. The minimum atomic E-state index is -0.581. The maximum Gasteiger partial charge on any atom is 0.286 e. The number of nitrogens with one attached hydrogen (secondary N) is 1. The van der Waals surface area contributed by atoms with E-state index in [9.17, 15) is 14.9 Å². The zero-order valence-electron chi connectivity index (χ0n) is 8.96. The zero-order chi connectivity index (χ0) is 14.0. The second-order valence-corrected chi connectivity index (χ2v) is 5.20. The molecule has 7 nitrogen and oxygen atoms in total. The molecular formula is C9H4Cl2N4O3S. The van der Waals surface area contributed by atoms with Crippen LogP contribution in [0.3, 0.4) is 0 Å². The number of hydrogen-bond acceptors (Lipinski definition) is 6. The second-order valence-electron chi connectivity index (χ2n) is 3.24. The lowest BCUT2D eigenvalue weighted by molar-refractivity contribution is -0.384. The van der Waals surface area contributed by atoms with Crippen LogP contribution in [-0.4, -0.2) is 21.0 Å². The molecule has 0 radical (unpaired) electrons. The summed E-state index contributed by atoms with van der Waals surface area (Å²) in [4.78, 5) is 21.7. The fraction of sp³-hybridized carbons (Fsp3) is 0. The fourth-order valence-corrected chi connectivity index (χ4v) is 2.14. The van der Waals surface area contributed by atoms with E-state index in [1.165, 1.54) is 12.1 Å². The molecule has 1 amide bonds. The van der Waals surface area contributed by atoms with Crippen molar-refractivity contribution < 1.29 is 9.72 Å². The van der Waals surface area contributed by atoms with E-state index in [2.05, 4.69) is 15.5 Å². The first-order valence-corrected chi connectivity index (χ1v) is 6.29. The highest BCUT2D eigenvalue weighted by atomic mass is 35.5. The van der Waals surface area contributed by atoms with Crippen LogP contribution in [0.5, 0.6) is 0 Å². The van der Waals surface area contributed by atoms with Gasteiger partial charge in [0.2, 0.25) is 9.47 Å². The van der Waals surface area contributed by atoms with Gasteiger partial charge in [0.25, 0.3) is 11.6 Å². The Morgan fingerprint density at radius 3 is 2.63 bits per heavy atom. The van der Waals surface area contributed by atoms with E-state index < -0.39 is 10.8 Å². The quantitative estimate of drug-likeness (QED) is 0.692. The third kappa shape index (κ3) is 3.16. The zero-order valence-corrected chi connectivity index (χ0v) is 11.3. The van der Waals surface area contributed by atoms with Crippen molar-refractivity contribution in [3.8, 4) is 0 Å². The number of aromatic nitrogens is 2. The van der Waals surface area contributed by atoms with Crippen LogP contribution in [0.25, 0.3) is 0 Å². The molecular weight excluding hydrogens is 315 g/mol. The maximum atomic E-state index is 11.7. The van der Waals surface area contributed by atoms with Crippen LogP contribution >= 0.6 is 34.5 Å². The molecule has 0 saturated carbocycles. The van der Waals surface area contributed by atoms with Gasteiger partial charge in [0.05, 0.1) is 15.6 Å². The standard InChI is InChI=1S/C9H4Cl2N4O3S/c10-5-3-4(15(17)18)1-2-6(5)12-7(16)8-13-14-9(11)19-8/h1-3H,(H,12,16). The van der Waals surface area contributed by atoms with E-state index in [1.54, 1.807) is 0 Å². The normalized spacial score (nSPS) is 10.2. The van der Waals surface area contributed by atoms with Gasteiger partial charge in [-0.1, -0.05) is 22.9 Å². The Kier molecular flexibility index (Phi) is 3.93. The molecule has 0 saturated heterocycles. The van der Waals surface area contributed by atoms with Crippen LogP contribution in [0.15, 0.2) is 18.2 Å². The monoisotopic (exact) mass is 318 g/mol. The molecule has 10 heteroatoms. The van der Waals surface area contributed by atoms with Crippen molar-refractivity contribution in [2.45, 2.75) is 0 Å². The van der Waals surface area contributed by atoms with E-state index in [1.807, 2.05) is 0 Å². The molecule has 0 bridgehead atoms. The molecule has 0 aliphatic carbocycles. The largest absolute Gasteiger partial charge is 0.318 e. The van der Waals surface area contributed by atoms with Crippen LogP contribution in [0.4, 0.5) is 11.4 Å². The number of benzene rings is 1. The van der Waals surface area contributed by atoms with Crippen molar-refractivity contribution in [2.24, 2.45) is 0 Å². The average Bonchev–Trinajstić information content (AvgIpc) is 2.78. The summed E-state index contributed by atoms with van der Waals surface area (Å²) in [5, 5.41) is 20.2. The summed E-state index contributed by atoms with van der Waals surface area (Å²) in [6.45, 7) is 0. The number of carbonyl (C=O) groups excluding carboxylic acids is 1. The van der Waals surface area contributed by atoms with E-state index >= 15 is 0 Å². The van der Waals surface area contributed by atoms with Crippen LogP contribution < -0.4 is 5.32 Å². The van der Waals surface area contributed by atoms with Gasteiger partial charge in [0.15, 0.2) is 0 Å². The Morgan fingerprint density at radius 1 is 1.37 bits per heavy atom. The van der Waals surface area contributed by atoms with E-state index in [4.69, 9.17) is 23.2 Å². The first kappa shape index (κ1) is 13.7. The number of halogens is 2. The Bertz CT molecular complexity index is 661. The van der Waals surface area contributed by atoms with Gasteiger partial charge in [-0.3, -0.25) is 14.9 Å². The molecule has 0 aliphatic rings. The van der Waals surface area contributed by atoms with Gasteiger partial charge in [-0.05, 0) is 17.7 Å². The lowest BCUT2D eigenvalue weighted by Gasteiger charge is -2.04. The predicted molar refractivity (Wildman–Crippen MR) is 71.0 cm³/mol. The Balaban J connectivity index is 2.20. The highest BCUT2D eigenvalue weighted by Gasteiger charge is 2.15. The third-order valence-electron chi connectivity index (χ3n) is 2.01. The molecule has 2 aromatic rings. The van der Waals surface area contributed by atoms with Crippen LogP contribution in [0, 0.1) is 10.1 Å². The van der Waals surface area contributed by atoms with Crippen molar-refractivity contribution in [1.82, 2.24) is 10.2 Å². The molecule has 98 valence electrons. The topological polar surface area (TPSA) is 98.0 Å². The average molecular weight is 319 g/mol. The number of rotatable bonds is 3. The minimum Gasteiger partial charge on any atom is -0.318 e. The summed E-state index contributed by atoms with van der Waals surface area (Å²) in [7, 11) is 0. The van der Waals surface area contributed by atoms with E-state index in [-0.39, 0.29) is 25.9 Å². The molecule has 0 fully saturated rings. The summed E-state index contributed by atoms with van der Waals surface area (Å²) in [5.41, 5.74) is 0.0746. The van der Waals surface area contributed by atoms with Crippen molar-refractivity contribution in [1.29, 1.82) is 0 Å². The van der Waals surface area contributed by atoms with E-state index in [0.717, 1.165) is 17.4 Å². The number of nitrogens with zero attached hydrogens (tertiary/aromatic N) is 3. The third-order valence-corrected chi connectivity index (χ3v) is 3.34. The first-order chi connectivity index (χ1) is 8.97. The predicted octanol–water partition coefficient (Wildman–Crippen LogP) is 3.01. The van der Waals surface area contributed by atoms with Crippen molar-refractivity contribution in [3.63, 3.8) is 0 Å². The van der Waals surface area contributed by atoms with Crippen LogP contribution in [0.1, 0.15) is 9.80 Å². The smallest absolute Gasteiger partial charge is 0.286 e. The Labute approximate surface area is 120 Å². The van der Waals surface area contributed by atoms with E-state index in [0.29, 0.717) is 0 Å². The highest BCUT2D eigenvalue weighted by Crippen LogP contribution is 2.27. The molecule has 2 rings (SSSR count). The number of nitro groups is 1. The minimum absolute atomic E-state index is 0.0539. The number of amides is 1. The van der Waals surface area contributed by atoms with Gasteiger partial charge in [-0.15, -0.1) is 10.2 Å². The molecule has 19 heavy (non-hydrogen) atoms. The SMILES string of the molecule is O=C(Nc1ccc([N+](=O)[O-])cc1Cl)c1nnc(Cl)s1. The van der Waals surface area contributed by atoms with Crippen LogP contribution in [0.2, 0.25) is 9.49 Å². The van der Waals surface area contributed by atoms with Crippen LogP contribution in [-0.2, 0) is 0 Å². The fourth-order valence-electron chi connectivity index (χ4n) is 1.19. The molecule has 1 aromatic carbocycles. The molecule has 0 unspecified atom stereocenters. The summed E-state index contributed by atoms with van der Waals surface area (Å²) in [6.07, 6.45) is 0. The summed E-state index contributed by atoms with van der Waals surface area (Å²) in [6, 6.07) is 3.71. The van der Waals surface area contributed by atoms with Gasteiger partial charge in [0.1, 0.15) is 0 Å². The van der Waals surface area contributed by atoms with Crippen molar-refractivity contribution in [2.75, 3.05) is 5.32 Å². The van der Waals surface area contributed by atoms with Crippen molar-refractivity contribution in [3.05, 3.63) is 42.8 Å². The lowest BCUT2D eigenvalue weighted by Crippen LogP contribution is -2.12. The summed E-state index contributed by atoms with van der Waals surface area (Å²) < 4.78 is 0.139. The molecule has 0 spiro atoms. The number of hydrogen-bond donors (Lipinski definition) is 1. The first-order valence-electron chi connectivity index (χ1n) is 4.71. The number of anilines is 1. The summed E-state index contributed by atoms with van der Waals surface area (Å²) in [5.74, 6) is -0.542. The molecule has 0 atom stereocenters. The second kappa shape index (κ2) is 5.47. The summed E-state index contributed by atoms with van der Waals surface area (Å²) >= 11 is 12.3. The van der Waals surface area contributed by atoms with Gasteiger partial charge < -0.3 is 5.32 Å². The number of nitro benzene ring substituents is 1. The maximum absolute atomic E-state index is 11.7. The van der Waals surface area contributed by atoms with Gasteiger partial charge in [0, 0.05) is 12.1 Å². The molecule has 1 aromatic heterocycles. The van der Waals surface area contributed by atoms with Gasteiger partial charge >= 0.3 is 0 Å². The highest BCUT2D eigenvalue weighted by molar-refractivity contribution is 7.17. The van der Waals surface area contributed by atoms with Crippen molar-refractivity contribution >= 4 is 51.8 Å².